The summed E-state index contributed by atoms with van der Waals surface area (Å²) in [5, 5.41) is 8.00. The van der Waals surface area contributed by atoms with Gasteiger partial charge >= 0.3 is 0 Å². The number of hydrogen-bond donors (Lipinski definition) is 1. The molecule has 0 aliphatic carbocycles. The average molecular weight is 275 g/mol. The van der Waals surface area contributed by atoms with E-state index < -0.39 is 0 Å². The smallest absolute Gasteiger partial charge is 0.247 e. The molecule has 0 fully saturated rings. The minimum Gasteiger partial charge on any atom is -0.494 e. The Morgan fingerprint density at radius 3 is 2.60 bits per heavy atom. The lowest BCUT2D eigenvalue weighted by molar-refractivity contribution is 0.309. The summed E-state index contributed by atoms with van der Waals surface area (Å²) >= 11 is 0. The Morgan fingerprint density at radius 2 is 1.95 bits per heavy atom. The average Bonchev–Trinajstić information content (AvgIpc) is 2.97. The topological polar surface area (TPSA) is 74.2 Å². The van der Waals surface area contributed by atoms with Crippen LogP contribution in [0.2, 0.25) is 0 Å². The lowest BCUT2D eigenvalue weighted by Gasteiger charge is -2.05. The largest absolute Gasteiger partial charge is 0.494 e. The molecule has 0 aliphatic rings. The van der Waals surface area contributed by atoms with E-state index in [-0.39, 0.29) is 6.04 Å². The van der Waals surface area contributed by atoms with Crippen molar-refractivity contribution in [1.29, 1.82) is 0 Å². The molecule has 108 valence electrons. The zero-order valence-corrected chi connectivity index (χ0v) is 12.0. The lowest BCUT2D eigenvalue weighted by Crippen LogP contribution is -2.08. The van der Waals surface area contributed by atoms with Crippen molar-refractivity contribution in [3.63, 3.8) is 0 Å². The molecule has 0 saturated carbocycles. The first-order chi connectivity index (χ1) is 9.74. The highest BCUT2D eigenvalue weighted by atomic mass is 16.5. The van der Waals surface area contributed by atoms with E-state index in [0.717, 1.165) is 37.2 Å². The first kappa shape index (κ1) is 14.5. The van der Waals surface area contributed by atoms with Crippen LogP contribution in [0.1, 0.15) is 45.0 Å². The molecule has 0 bridgehead atoms. The Labute approximate surface area is 119 Å². The fraction of sp³-hybridized carbons (Fsp3) is 0.467. The number of nitrogens with zero attached hydrogens (tertiary/aromatic N) is 2. The van der Waals surface area contributed by atoms with E-state index in [9.17, 15) is 0 Å². The zero-order valence-electron chi connectivity index (χ0n) is 12.0. The Morgan fingerprint density at radius 1 is 1.20 bits per heavy atom. The highest BCUT2D eigenvalue weighted by molar-refractivity contribution is 5.53. The minimum absolute atomic E-state index is 0.201. The van der Waals surface area contributed by atoms with Gasteiger partial charge in [0.25, 0.3) is 0 Å². The summed E-state index contributed by atoms with van der Waals surface area (Å²) in [7, 11) is 0. The summed E-state index contributed by atoms with van der Waals surface area (Å²) < 4.78 is 11.2. The molecule has 20 heavy (non-hydrogen) atoms. The van der Waals surface area contributed by atoms with Crippen molar-refractivity contribution in [2.75, 3.05) is 6.61 Å². The molecule has 2 aromatic rings. The van der Waals surface area contributed by atoms with Gasteiger partial charge in [-0.3, -0.25) is 0 Å². The van der Waals surface area contributed by atoms with Gasteiger partial charge in [-0.1, -0.05) is 20.3 Å². The molecular weight excluding hydrogens is 254 g/mol. The van der Waals surface area contributed by atoms with Crippen molar-refractivity contribution in [3.8, 4) is 17.2 Å². The Hall–Kier alpha value is -1.88. The van der Waals surface area contributed by atoms with E-state index in [2.05, 4.69) is 17.1 Å². The summed E-state index contributed by atoms with van der Waals surface area (Å²) in [5.41, 5.74) is 6.73. The third-order valence-corrected chi connectivity index (χ3v) is 3.07. The van der Waals surface area contributed by atoms with Crippen molar-refractivity contribution < 1.29 is 9.15 Å². The molecule has 0 aliphatic heterocycles. The maximum absolute atomic E-state index is 5.86. The van der Waals surface area contributed by atoms with Crippen molar-refractivity contribution in [1.82, 2.24) is 10.2 Å². The predicted octanol–water partition coefficient (Wildman–Crippen LogP) is 3.33. The van der Waals surface area contributed by atoms with Gasteiger partial charge < -0.3 is 14.9 Å². The van der Waals surface area contributed by atoms with Gasteiger partial charge in [0.1, 0.15) is 5.75 Å². The number of aromatic nitrogens is 2. The molecule has 0 radical (unpaired) electrons. The van der Waals surface area contributed by atoms with Crippen LogP contribution < -0.4 is 10.5 Å². The number of hydrogen-bond acceptors (Lipinski definition) is 5. The molecular formula is C15H21N3O2. The summed E-state index contributed by atoms with van der Waals surface area (Å²) in [4.78, 5) is 0. The number of nitrogens with two attached hydrogens (primary N) is 1. The predicted molar refractivity (Wildman–Crippen MR) is 77.4 cm³/mol. The Bertz CT molecular complexity index is 522. The quantitative estimate of drug-likeness (QED) is 0.784. The van der Waals surface area contributed by atoms with E-state index in [0.29, 0.717) is 11.8 Å². The van der Waals surface area contributed by atoms with Crippen LogP contribution in [0.15, 0.2) is 28.7 Å². The molecule has 5 heteroatoms. The third-order valence-electron chi connectivity index (χ3n) is 3.07. The van der Waals surface area contributed by atoms with Crippen molar-refractivity contribution in [2.45, 2.75) is 39.2 Å². The molecule has 2 rings (SSSR count). The van der Waals surface area contributed by atoms with Gasteiger partial charge in [-0.25, -0.2) is 0 Å². The highest BCUT2D eigenvalue weighted by Gasteiger charge is 2.13. The van der Waals surface area contributed by atoms with E-state index in [4.69, 9.17) is 14.9 Å². The standard InChI is InChI=1S/C15H21N3O2/c1-3-5-10-19-12-8-6-11(7-9-12)14-17-18-15(20-14)13(16)4-2/h6-9,13H,3-5,10,16H2,1-2H3. The maximum Gasteiger partial charge on any atom is 0.247 e. The lowest BCUT2D eigenvalue weighted by atomic mass is 10.2. The molecule has 1 unspecified atom stereocenters. The SMILES string of the molecule is CCCCOc1ccc(-c2nnc(C(N)CC)o2)cc1. The minimum atomic E-state index is -0.201. The number of benzene rings is 1. The van der Waals surface area contributed by atoms with E-state index in [1.807, 2.05) is 31.2 Å². The van der Waals surface area contributed by atoms with Gasteiger partial charge in [-0.2, -0.15) is 0 Å². The summed E-state index contributed by atoms with van der Waals surface area (Å²) in [6.07, 6.45) is 2.95. The van der Waals surface area contributed by atoms with Crippen LogP contribution in [0, 0.1) is 0 Å². The fourth-order valence-corrected chi connectivity index (χ4v) is 1.70. The van der Waals surface area contributed by atoms with Crippen LogP contribution in [0.25, 0.3) is 11.5 Å². The first-order valence-electron chi connectivity index (χ1n) is 7.06. The van der Waals surface area contributed by atoms with Crippen LogP contribution in [-0.2, 0) is 0 Å². The number of rotatable bonds is 7. The van der Waals surface area contributed by atoms with Crippen LogP contribution in [0.5, 0.6) is 5.75 Å². The third kappa shape index (κ3) is 3.57. The number of unbranched alkanes of at least 4 members (excludes halogenated alkanes) is 1. The Balaban J connectivity index is 2.04. The normalized spacial score (nSPS) is 12.3. The van der Waals surface area contributed by atoms with Gasteiger partial charge in [0, 0.05) is 5.56 Å². The van der Waals surface area contributed by atoms with Crippen LogP contribution in [0.3, 0.4) is 0 Å². The van der Waals surface area contributed by atoms with Crippen LogP contribution >= 0.6 is 0 Å². The molecule has 1 aromatic heterocycles. The zero-order chi connectivity index (χ0) is 14.4. The highest BCUT2D eigenvalue weighted by Crippen LogP contribution is 2.23. The first-order valence-corrected chi connectivity index (χ1v) is 7.06. The monoisotopic (exact) mass is 275 g/mol. The molecule has 1 atom stereocenters. The van der Waals surface area contributed by atoms with Gasteiger partial charge in [-0.15, -0.1) is 10.2 Å². The van der Waals surface area contributed by atoms with E-state index in [1.165, 1.54) is 0 Å². The molecule has 0 amide bonds. The van der Waals surface area contributed by atoms with Gasteiger partial charge in [0.2, 0.25) is 11.8 Å². The number of ether oxygens (including phenoxy) is 1. The maximum atomic E-state index is 5.86. The van der Waals surface area contributed by atoms with E-state index in [1.54, 1.807) is 0 Å². The van der Waals surface area contributed by atoms with Crippen molar-refractivity contribution >= 4 is 0 Å². The Kier molecular flexibility index (Phi) is 5.12. The van der Waals surface area contributed by atoms with Crippen molar-refractivity contribution in [3.05, 3.63) is 30.2 Å². The molecule has 0 saturated heterocycles. The molecule has 2 N–H and O–H groups in total. The van der Waals surface area contributed by atoms with Crippen molar-refractivity contribution in [2.24, 2.45) is 5.73 Å². The molecule has 0 spiro atoms. The molecule has 5 nitrogen and oxygen atoms in total. The van der Waals surface area contributed by atoms with Gasteiger partial charge in [0.15, 0.2) is 0 Å². The second-order valence-electron chi connectivity index (χ2n) is 4.69. The second-order valence-corrected chi connectivity index (χ2v) is 4.69. The van der Waals surface area contributed by atoms with Gasteiger partial charge in [0.05, 0.1) is 12.6 Å². The van der Waals surface area contributed by atoms with E-state index >= 15 is 0 Å². The summed E-state index contributed by atoms with van der Waals surface area (Å²) in [5.74, 6) is 1.82. The fourth-order valence-electron chi connectivity index (χ4n) is 1.70. The molecule has 1 aromatic carbocycles. The second kappa shape index (κ2) is 7.05. The van der Waals surface area contributed by atoms with Crippen LogP contribution in [0.4, 0.5) is 0 Å². The van der Waals surface area contributed by atoms with Gasteiger partial charge in [-0.05, 0) is 37.1 Å². The van der Waals surface area contributed by atoms with Crippen LogP contribution in [-0.4, -0.2) is 16.8 Å². The summed E-state index contributed by atoms with van der Waals surface area (Å²) in [6.45, 7) is 4.86. The summed E-state index contributed by atoms with van der Waals surface area (Å²) in [6, 6.07) is 7.45. The molecule has 1 heterocycles.